The van der Waals surface area contributed by atoms with Gasteiger partial charge >= 0.3 is 29.6 Å². The van der Waals surface area contributed by atoms with Gasteiger partial charge in [-0.05, 0) is 61.0 Å². The summed E-state index contributed by atoms with van der Waals surface area (Å²) in [5.41, 5.74) is 2.01. The fraction of sp³-hybridized carbons (Fsp3) is 0.0455. The van der Waals surface area contributed by atoms with Crippen molar-refractivity contribution < 1.29 is 52.7 Å². The average Bonchev–Trinajstić information content (AvgIpc) is 2.73. The first-order valence-corrected chi connectivity index (χ1v) is 10.5. The molecule has 10 heteroatoms. The van der Waals surface area contributed by atoms with Gasteiger partial charge in [-0.3, -0.25) is 0 Å². The van der Waals surface area contributed by atoms with E-state index in [4.69, 9.17) is 0 Å². The van der Waals surface area contributed by atoms with E-state index in [1.54, 1.807) is 36.4 Å². The molecule has 1 heterocycles. The molecule has 0 aliphatic heterocycles. The first kappa shape index (κ1) is 23.8. The molecule has 0 bridgehead atoms. The molecule has 4 aromatic rings. The summed E-state index contributed by atoms with van der Waals surface area (Å²) >= 11 is 0. The monoisotopic (exact) mass is 457 g/mol. The number of para-hydroxylation sites is 1. The van der Waals surface area contributed by atoms with E-state index in [9.17, 15) is 23.2 Å². The molecule has 3 aromatic carbocycles. The summed E-state index contributed by atoms with van der Waals surface area (Å²) in [7, 11) is -4.59. The molecule has 0 radical (unpaired) electrons. The van der Waals surface area contributed by atoms with Crippen molar-refractivity contribution in [3.8, 4) is 45.7 Å². The Morgan fingerprint density at radius 1 is 0.750 bits per heavy atom. The number of phenols is 2. The predicted octanol–water partition coefficient (Wildman–Crippen LogP) is 0.500. The summed E-state index contributed by atoms with van der Waals surface area (Å²) in [6.45, 7) is 1.83. The molecule has 4 rings (SSSR count). The van der Waals surface area contributed by atoms with E-state index < -0.39 is 10.1 Å². The zero-order valence-electron chi connectivity index (χ0n) is 17.2. The Balaban J connectivity index is 0.00000289. The van der Waals surface area contributed by atoms with Crippen molar-refractivity contribution in [2.45, 2.75) is 11.8 Å². The van der Waals surface area contributed by atoms with Crippen molar-refractivity contribution in [3.63, 3.8) is 0 Å². The SMILES string of the molecule is Cc1ccc(-c2nc(-c3ccc(S(=O)(=O)[O-])cc3)nc(-c3ccccc3O)n2)c(O)c1.[Na+]. The van der Waals surface area contributed by atoms with Crippen LogP contribution in [-0.2, 0) is 10.1 Å². The van der Waals surface area contributed by atoms with Gasteiger partial charge in [0, 0.05) is 5.56 Å². The van der Waals surface area contributed by atoms with Crippen molar-refractivity contribution in [1.29, 1.82) is 0 Å². The number of hydrogen-bond acceptors (Lipinski definition) is 8. The molecule has 156 valence electrons. The average molecular weight is 457 g/mol. The molecule has 0 saturated heterocycles. The van der Waals surface area contributed by atoms with E-state index in [1.807, 2.05) is 6.92 Å². The molecule has 1 aromatic heterocycles. The molecular formula is C22H16N3NaO5S. The Kier molecular flexibility index (Phi) is 6.97. The Morgan fingerprint density at radius 2 is 1.31 bits per heavy atom. The van der Waals surface area contributed by atoms with Gasteiger partial charge in [0.05, 0.1) is 16.0 Å². The number of phenolic OH excluding ortho intramolecular Hbond substituents is 2. The van der Waals surface area contributed by atoms with Gasteiger partial charge in [-0.25, -0.2) is 23.4 Å². The molecule has 0 aliphatic carbocycles. The number of hydrogen-bond donors (Lipinski definition) is 2. The summed E-state index contributed by atoms with van der Waals surface area (Å²) in [5.74, 6) is 0.456. The van der Waals surface area contributed by atoms with Crippen LogP contribution in [-0.4, -0.2) is 38.1 Å². The molecule has 2 N–H and O–H groups in total. The van der Waals surface area contributed by atoms with Crippen LogP contribution in [0.2, 0.25) is 0 Å². The second-order valence-electron chi connectivity index (χ2n) is 6.82. The van der Waals surface area contributed by atoms with E-state index >= 15 is 0 Å². The zero-order valence-corrected chi connectivity index (χ0v) is 20.0. The van der Waals surface area contributed by atoms with Gasteiger partial charge < -0.3 is 14.8 Å². The van der Waals surface area contributed by atoms with Gasteiger partial charge in [0.25, 0.3) is 0 Å². The molecule has 32 heavy (non-hydrogen) atoms. The minimum atomic E-state index is -4.59. The van der Waals surface area contributed by atoms with Gasteiger partial charge in [0.1, 0.15) is 21.6 Å². The quantitative estimate of drug-likeness (QED) is 0.334. The fourth-order valence-corrected chi connectivity index (χ4v) is 3.48. The third-order valence-corrected chi connectivity index (χ3v) is 5.43. The normalized spacial score (nSPS) is 11.1. The molecule has 0 saturated carbocycles. The summed E-state index contributed by atoms with van der Waals surface area (Å²) < 4.78 is 33.6. The van der Waals surface area contributed by atoms with E-state index in [2.05, 4.69) is 15.0 Å². The first-order chi connectivity index (χ1) is 14.7. The Morgan fingerprint density at radius 3 is 1.88 bits per heavy atom. The topological polar surface area (TPSA) is 136 Å². The van der Waals surface area contributed by atoms with Crippen LogP contribution in [0.3, 0.4) is 0 Å². The molecule has 8 nitrogen and oxygen atoms in total. The van der Waals surface area contributed by atoms with Gasteiger partial charge in [-0.15, -0.1) is 0 Å². The number of rotatable bonds is 4. The first-order valence-electron chi connectivity index (χ1n) is 9.13. The van der Waals surface area contributed by atoms with Crippen LogP contribution in [0.5, 0.6) is 11.5 Å². The van der Waals surface area contributed by atoms with Crippen LogP contribution >= 0.6 is 0 Å². The van der Waals surface area contributed by atoms with Crippen molar-refractivity contribution in [3.05, 3.63) is 72.3 Å². The van der Waals surface area contributed by atoms with Crippen LogP contribution in [0.25, 0.3) is 34.2 Å². The predicted molar refractivity (Wildman–Crippen MR) is 112 cm³/mol. The number of nitrogens with zero attached hydrogens (tertiary/aromatic N) is 3. The van der Waals surface area contributed by atoms with Gasteiger partial charge in [-0.1, -0.05) is 18.2 Å². The van der Waals surface area contributed by atoms with E-state index in [1.165, 1.54) is 30.3 Å². The number of aryl methyl sites for hydroxylation is 1. The van der Waals surface area contributed by atoms with Crippen molar-refractivity contribution in [1.82, 2.24) is 15.0 Å². The summed E-state index contributed by atoms with van der Waals surface area (Å²) in [6, 6.07) is 16.7. The Labute approximate surface area is 206 Å². The Bertz CT molecular complexity index is 1390. The Hall–Kier alpha value is -2.82. The number of aromatic nitrogens is 3. The molecular weight excluding hydrogens is 441 g/mol. The summed E-state index contributed by atoms with van der Waals surface area (Å²) in [4.78, 5) is 12.9. The van der Waals surface area contributed by atoms with Gasteiger partial charge in [0.15, 0.2) is 17.5 Å². The second kappa shape index (κ2) is 9.35. The molecule has 0 amide bonds. The van der Waals surface area contributed by atoms with Gasteiger partial charge in [0.2, 0.25) is 0 Å². The standard InChI is InChI=1S/C22H17N3O5S.Na/c1-13-6-11-17(19(27)12-13)22-24-20(14-7-9-15(10-8-14)31(28,29)30)23-21(25-22)16-4-2-3-5-18(16)26;/h2-12,26-27H,1H3,(H,28,29,30);/q;+1/p-1. The van der Waals surface area contributed by atoms with Crippen LogP contribution in [0, 0.1) is 6.92 Å². The third kappa shape index (κ3) is 4.98. The summed E-state index contributed by atoms with van der Waals surface area (Å²) in [6.07, 6.45) is 0. The van der Waals surface area contributed by atoms with E-state index in [0.29, 0.717) is 16.7 Å². The molecule has 0 spiro atoms. The molecule has 0 atom stereocenters. The van der Waals surface area contributed by atoms with Crippen LogP contribution in [0.4, 0.5) is 0 Å². The minimum absolute atomic E-state index is 0. The van der Waals surface area contributed by atoms with Gasteiger partial charge in [-0.2, -0.15) is 0 Å². The zero-order chi connectivity index (χ0) is 22.2. The molecule has 0 aliphatic rings. The summed E-state index contributed by atoms with van der Waals surface area (Å²) in [5, 5.41) is 20.6. The minimum Gasteiger partial charge on any atom is -0.744 e. The second-order valence-corrected chi connectivity index (χ2v) is 8.20. The molecule has 0 fully saturated rings. The van der Waals surface area contributed by atoms with E-state index in [-0.39, 0.29) is 63.4 Å². The van der Waals surface area contributed by atoms with Crippen molar-refractivity contribution in [2.75, 3.05) is 0 Å². The molecule has 0 unspecified atom stereocenters. The maximum absolute atomic E-state index is 11.2. The van der Waals surface area contributed by atoms with Crippen LogP contribution in [0.15, 0.2) is 71.6 Å². The smallest absolute Gasteiger partial charge is 0.744 e. The maximum atomic E-state index is 11.2. The van der Waals surface area contributed by atoms with E-state index in [0.717, 1.165) is 5.56 Å². The van der Waals surface area contributed by atoms with Crippen LogP contribution < -0.4 is 29.6 Å². The maximum Gasteiger partial charge on any atom is 1.00 e. The van der Waals surface area contributed by atoms with Crippen molar-refractivity contribution in [2.24, 2.45) is 0 Å². The van der Waals surface area contributed by atoms with Crippen molar-refractivity contribution >= 4 is 10.1 Å². The van der Waals surface area contributed by atoms with Crippen LogP contribution in [0.1, 0.15) is 5.56 Å². The third-order valence-electron chi connectivity index (χ3n) is 4.58. The number of aromatic hydroxyl groups is 2. The fourth-order valence-electron chi connectivity index (χ4n) is 3.01. The largest absolute Gasteiger partial charge is 1.00 e. The number of benzene rings is 3.